The van der Waals surface area contributed by atoms with Crippen LogP contribution in [0.25, 0.3) is 0 Å². The third kappa shape index (κ3) is 2.20. The highest BCUT2D eigenvalue weighted by atomic mass is 16.5. The van der Waals surface area contributed by atoms with Gasteiger partial charge in [0.25, 0.3) is 0 Å². The second kappa shape index (κ2) is 5.04. The Balaban J connectivity index is 1.85. The molecule has 3 heteroatoms. The van der Waals surface area contributed by atoms with Gasteiger partial charge in [0, 0.05) is 11.6 Å². The zero-order chi connectivity index (χ0) is 13.4. The molecule has 1 aromatic rings. The maximum atomic E-state index is 10.7. The minimum Gasteiger partial charge on any atom is -0.497 e. The van der Waals surface area contributed by atoms with E-state index in [0.29, 0.717) is 11.8 Å². The van der Waals surface area contributed by atoms with Crippen LogP contribution in [0.1, 0.15) is 37.4 Å². The third-order valence-electron chi connectivity index (χ3n) is 4.96. The van der Waals surface area contributed by atoms with Gasteiger partial charge in [-0.1, -0.05) is 6.42 Å². The molecule has 3 rings (SSSR count). The van der Waals surface area contributed by atoms with Crippen LogP contribution in [0, 0.1) is 17.8 Å². The summed E-state index contributed by atoms with van der Waals surface area (Å²) in [5, 5.41) is 10.7. The Bertz CT molecular complexity index is 457. The largest absolute Gasteiger partial charge is 0.497 e. The first-order valence-electron chi connectivity index (χ1n) is 7.13. The summed E-state index contributed by atoms with van der Waals surface area (Å²) in [4.78, 5) is 0. The van der Waals surface area contributed by atoms with Gasteiger partial charge in [-0.3, -0.25) is 0 Å². The van der Waals surface area contributed by atoms with Crippen molar-refractivity contribution in [3.8, 4) is 11.5 Å². The van der Waals surface area contributed by atoms with Crippen LogP contribution in [0.4, 0.5) is 0 Å². The number of methoxy groups -OCH3 is 2. The fourth-order valence-electron chi connectivity index (χ4n) is 3.97. The topological polar surface area (TPSA) is 38.7 Å². The Morgan fingerprint density at radius 1 is 1.16 bits per heavy atom. The molecule has 4 unspecified atom stereocenters. The first kappa shape index (κ1) is 12.8. The first-order chi connectivity index (χ1) is 9.22. The van der Waals surface area contributed by atoms with Gasteiger partial charge in [0.1, 0.15) is 11.5 Å². The number of aliphatic hydroxyl groups excluding tert-OH is 1. The van der Waals surface area contributed by atoms with Gasteiger partial charge >= 0.3 is 0 Å². The van der Waals surface area contributed by atoms with Crippen LogP contribution in [-0.2, 0) is 0 Å². The van der Waals surface area contributed by atoms with Crippen LogP contribution in [0.15, 0.2) is 18.2 Å². The molecule has 1 aromatic carbocycles. The summed E-state index contributed by atoms with van der Waals surface area (Å²) in [5.74, 6) is 3.44. The van der Waals surface area contributed by atoms with E-state index in [1.165, 1.54) is 25.7 Å². The molecular formula is C16H22O3. The van der Waals surface area contributed by atoms with Crippen LogP contribution < -0.4 is 9.47 Å². The summed E-state index contributed by atoms with van der Waals surface area (Å²) in [6.45, 7) is 0. The van der Waals surface area contributed by atoms with E-state index in [9.17, 15) is 5.11 Å². The van der Waals surface area contributed by atoms with E-state index in [1.54, 1.807) is 14.2 Å². The van der Waals surface area contributed by atoms with Crippen LogP contribution in [0.5, 0.6) is 11.5 Å². The molecule has 2 fully saturated rings. The Morgan fingerprint density at radius 3 is 2.58 bits per heavy atom. The van der Waals surface area contributed by atoms with E-state index in [-0.39, 0.29) is 0 Å². The molecule has 19 heavy (non-hydrogen) atoms. The molecule has 2 aliphatic carbocycles. The van der Waals surface area contributed by atoms with E-state index in [0.717, 1.165) is 23.0 Å². The summed E-state index contributed by atoms with van der Waals surface area (Å²) >= 11 is 0. The molecule has 0 saturated heterocycles. The minimum atomic E-state index is -0.406. The van der Waals surface area contributed by atoms with Gasteiger partial charge < -0.3 is 14.6 Å². The van der Waals surface area contributed by atoms with Gasteiger partial charge in [-0.05, 0) is 49.1 Å². The molecule has 2 aliphatic rings. The quantitative estimate of drug-likeness (QED) is 0.905. The van der Waals surface area contributed by atoms with Crippen molar-refractivity contribution in [2.75, 3.05) is 14.2 Å². The van der Waals surface area contributed by atoms with Crippen molar-refractivity contribution in [3.05, 3.63) is 23.8 Å². The average molecular weight is 262 g/mol. The van der Waals surface area contributed by atoms with E-state index in [2.05, 4.69) is 0 Å². The van der Waals surface area contributed by atoms with Gasteiger partial charge in [0.05, 0.1) is 20.3 Å². The molecule has 4 atom stereocenters. The molecule has 0 radical (unpaired) electrons. The fourth-order valence-corrected chi connectivity index (χ4v) is 3.97. The molecule has 0 aromatic heterocycles. The van der Waals surface area contributed by atoms with Crippen LogP contribution in [0.2, 0.25) is 0 Å². The lowest BCUT2D eigenvalue weighted by Gasteiger charge is -2.28. The summed E-state index contributed by atoms with van der Waals surface area (Å²) in [6, 6.07) is 5.69. The highest BCUT2D eigenvalue weighted by Gasteiger charge is 2.43. The molecule has 1 N–H and O–H groups in total. The monoisotopic (exact) mass is 262 g/mol. The highest BCUT2D eigenvalue weighted by Crippen LogP contribution is 2.53. The molecule has 0 aliphatic heterocycles. The predicted octanol–water partition coefficient (Wildman–Crippen LogP) is 3.17. The molecule has 2 bridgehead atoms. The number of hydrogen-bond acceptors (Lipinski definition) is 3. The van der Waals surface area contributed by atoms with Crippen molar-refractivity contribution in [1.29, 1.82) is 0 Å². The lowest BCUT2D eigenvalue weighted by atomic mass is 9.82. The normalized spacial score (nSPS) is 30.4. The molecular weight excluding hydrogens is 240 g/mol. The zero-order valence-electron chi connectivity index (χ0n) is 11.6. The van der Waals surface area contributed by atoms with E-state index >= 15 is 0 Å². The van der Waals surface area contributed by atoms with Crippen molar-refractivity contribution in [2.24, 2.45) is 17.8 Å². The van der Waals surface area contributed by atoms with Crippen molar-refractivity contribution in [2.45, 2.75) is 31.8 Å². The Hall–Kier alpha value is -1.22. The summed E-state index contributed by atoms with van der Waals surface area (Å²) in [5.41, 5.74) is 0.904. The van der Waals surface area contributed by atoms with Crippen LogP contribution in [-0.4, -0.2) is 19.3 Å². The third-order valence-corrected chi connectivity index (χ3v) is 4.96. The summed E-state index contributed by atoms with van der Waals surface area (Å²) in [7, 11) is 3.28. The number of hydrogen-bond donors (Lipinski definition) is 1. The lowest BCUT2D eigenvalue weighted by Crippen LogP contribution is -2.19. The van der Waals surface area contributed by atoms with Gasteiger partial charge in [-0.15, -0.1) is 0 Å². The Kier molecular flexibility index (Phi) is 3.40. The zero-order valence-corrected chi connectivity index (χ0v) is 11.6. The molecule has 0 spiro atoms. The molecule has 2 saturated carbocycles. The van der Waals surface area contributed by atoms with Crippen molar-refractivity contribution < 1.29 is 14.6 Å². The molecule has 0 amide bonds. The van der Waals surface area contributed by atoms with Crippen molar-refractivity contribution in [1.82, 2.24) is 0 Å². The van der Waals surface area contributed by atoms with Crippen LogP contribution >= 0.6 is 0 Å². The average Bonchev–Trinajstić information content (AvgIpc) is 3.08. The van der Waals surface area contributed by atoms with Crippen LogP contribution in [0.3, 0.4) is 0 Å². The van der Waals surface area contributed by atoms with Gasteiger partial charge in [-0.2, -0.15) is 0 Å². The predicted molar refractivity (Wildman–Crippen MR) is 73.4 cm³/mol. The van der Waals surface area contributed by atoms with Gasteiger partial charge in [0.15, 0.2) is 0 Å². The number of fused-ring (bicyclic) bond motifs is 2. The maximum absolute atomic E-state index is 10.7. The second-order valence-corrected chi connectivity index (χ2v) is 5.89. The van der Waals surface area contributed by atoms with E-state index in [1.807, 2.05) is 18.2 Å². The Morgan fingerprint density at radius 2 is 2.00 bits per heavy atom. The van der Waals surface area contributed by atoms with Gasteiger partial charge in [-0.25, -0.2) is 0 Å². The number of aliphatic hydroxyl groups is 1. The highest BCUT2D eigenvalue weighted by molar-refractivity contribution is 5.42. The smallest absolute Gasteiger partial charge is 0.128 e. The summed E-state index contributed by atoms with van der Waals surface area (Å²) in [6.07, 6.45) is 4.70. The van der Waals surface area contributed by atoms with Crippen molar-refractivity contribution >= 4 is 0 Å². The molecule has 104 valence electrons. The fraction of sp³-hybridized carbons (Fsp3) is 0.625. The minimum absolute atomic E-state index is 0.404. The second-order valence-electron chi connectivity index (χ2n) is 5.89. The maximum Gasteiger partial charge on any atom is 0.128 e. The standard InChI is InChI=1S/C16H22O3/c1-18-12-5-6-13(15(9-12)19-2)16(17)14-8-10-3-4-11(14)7-10/h5-6,9-11,14,16-17H,3-4,7-8H2,1-2H3. The molecule has 3 nitrogen and oxygen atoms in total. The van der Waals surface area contributed by atoms with E-state index in [4.69, 9.17) is 9.47 Å². The van der Waals surface area contributed by atoms with Gasteiger partial charge in [0.2, 0.25) is 0 Å². The molecule has 0 heterocycles. The van der Waals surface area contributed by atoms with Crippen molar-refractivity contribution in [3.63, 3.8) is 0 Å². The first-order valence-corrected chi connectivity index (χ1v) is 7.13. The number of ether oxygens (including phenoxy) is 2. The Labute approximate surface area is 114 Å². The number of benzene rings is 1. The number of rotatable bonds is 4. The van der Waals surface area contributed by atoms with E-state index < -0.39 is 6.10 Å². The summed E-state index contributed by atoms with van der Waals surface area (Å²) < 4.78 is 10.6. The lowest BCUT2D eigenvalue weighted by molar-refractivity contribution is 0.0722. The SMILES string of the molecule is COc1ccc(C(O)C2CC3CCC2C3)c(OC)c1.